The van der Waals surface area contributed by atoms with Gasteiger partial charge in [-0.25, -0.2) is 0 Å². The van der Waals surface area contributed by atoms with E-state index in [1.165, 1.54) is 32.4 Å². The molecule has 1 fully saturated rings. The third-order valence-electron chi connectivity index (χ3n) is 3.88. The summed E-state index contributed by atoms with van der Waals surface area (Å²) in [5, 5.41) is 0. The van der Waals surface area contributed by atoms with E-state index in [4.69, 9.17) is 0 Å². The first-order valence-electron chi connectivity index (χ1n) is 5.93. The molecule has 0 spiro atoms. The van der Waals surface area contributed by atoms with Crippen molar-refractivity contribution in [3.63, 3.8) is 0 Å². The fourth-order valence-corrected chi connectivity index (χ4v) is 2.37. The fraction of sp³-hybridized carbons (Fsp3) is 1.00. The molecule has 1 aliphatic heterocycles. The largest absolute Gasteiger partial charge is 0.300 e. The Morgan fingerprint density at radius 3 is 2.62 bits per heavy atom. The van der Waals surface area contributed by atoms with Gasteiger partial charge >= 0.3 is 0 Å². The molecule has 1 heterocycles. The molecule has 13 heavy (non-hydrogen) atoms. The SMILES string of the molecule is CCC1CN(C(C)CC)CCC1C. The Kier molecular flexibility index (Phi) is 4.24. The van der Waals surface area contributed by atoms with E-state index in [-0.39, 0.29) is 0 Å². The predicted octanol–water partition coefficient (Wildman–Crippen LogP) is 3.15. The monoisotopic (exact) mass is 183 g/mol. The molecule has 1 aliphatic rings. The lowest BCUT2D eigenvalue weighted by molar-refractivity contribution is 0.0904. The van der Waals surface area contributed by atoms with Gasteiger partial charge in [0.15, 0.2) is 0 Å². The van der Waals surface area contributed by atoms with Crippen LogP contribution >= 0.6 is 0 Å². The van der Waals surface area contributed by atoms with Crippen LogP contribution in [0.2, 0.25) is 0 Å². The van der Waals surface area contributed by atoms with Gasteiger partial charge in [0, 0.05) is 12.6 Å². The maximum atomic E-state index is 2.67. The quantitative estimate of drug-likeness (QED) is 0.649. The van der Waals surface area contributed by atoms with Crippen LogP contribution in [0.3, 0.4) is 0 Å². The third kappa shape index (κ3) is 2.70. The van der Waals surface area contributed by atoms with E-state index in [1.807, 2.05) is 0 Å². The number of nitrogens with zero attached hydrogens (tertiary/aromatic N) is 1. The minimum atomic E-state index is 0.793. The molecule has 0 saturated carbocycles. The molecule has 0 radical (unpaired) electrons. The van der Waals surface area contributed by atoms with Crippen molar-refractivity contribution in [2.75, 3.05) is 13.1 Å². The van der Waals surface area contributed by atoms with Gasteiger partial charge in [0.1, 0.15) is 0 Å². The molecule has 0 amide bonds. The maximum absolute atomic E-state index is 2.67. The molecule has 1 nitrogen and oxygen atoms in total. The molecule has 0 aromatic heterocycles. The van der Waals surface area contributed by atoms with Gasteiger partial charge in [-0.2, -0.15) is 0 Å². The lowest BCUT2D eigenvalue weighted by Gasteiger charge is -2.39. The molecular formula is C12H25N. The maximum Gasteiger partial charge on any atom is 0.00644 e. The van der Waals surface area contributed by atoms with Crippen LogP contribution in [-0.4, -0.2) is 24.0 Å². The molecular weight excluding hydrogens is 158 g/mol. The zero-order valence-electron chi connectivity index (χ0n) is 9.71. The first-order chi connectivity index (χ1) is 6.19. The smallest absolute Gasteiger partial charge is 0.00644 e. The van der Waals surface area contributed by atoms with Crippen molar-refractivity contribution >= 4 is 0 Å². The lowest BCUT2D eigenvalue weighted by atomic mass is 9.84. The summed E-state index contributed by atoms with van der Waals surface area (Å²) in [4.78, 5) is 2.67. The van der Waals surface area contributed by atoms with Gasteiger partial charge in [-0.1, -0.05) is 27.2 Å². The predicted molar refractivity (Wildman–Crippen MR) is 58.9 cm³/mol. The summed E-state index contributed by atoms with van der Waals surface area (Å²) >= 11 is 0. The highest BCUT2D eigenvalue weighted by Crippen LogP contribution is 2.27. The summed E-state index contributed by atoms with van der Waals surface area (Å²) in [6, 6.07) is 0.793. The topological polar surface area (TPSA) is 3.24 Å². The Labute approximate surface area is 83.5 Å². The molecule has 78 valence electrons. The second kappa shape index (κ2) is 4.99. The van der Waals surface area contributed by atoms with Crippen molar-refractivity contribution in [1.29, 1.82) is 0 Å². The average molecular weight is 183 g/mol. The van der Waals surface area contributed by atoms with Gasteiger partial charge in [0.2, 0.25) is 0 Å². The third-order valence-corrected chi connectivity index (χ3v) is 3.88. The van der Waals surface area contributed by atoms with Gasteiger partial charge in [0.25, 0.3) is 0 Å². The molecule has 3 atom stereocenters. The first kappa shape index (κ1) is 11.0. The van der Waals surface area contributed by atoms with Crippen LogP contribution in [0.5, 0.6) is 0 Å². The average Bonchev–Trinajstić information content (AvgIpc) is 2.17. The van der Waals surface area contributed by atoms with Crippen LogP contribution in [0.25, 0.3) is 0 Å². The molecule has 0 bridgehead atoms. The van der Waals surface area contributed by atoms with Crippen LogP contribution in [0, 0.1) is 11.8 Å². The highest BCUT2D eigenvalue weighted by atomic mass is 15.2. The zero-order valence-corrected chi connectivity index (χ0v) is 9.71. The number of hydrogen-bond acceptors (Lipinski definition) is 1. The van der Waals surface area contributed by atoms with Crippen molar-refractivity contribution in [3.05, 3.63) is 0 Å². The number of likely N-dealkylation sites (tertiary alicyclic amines) is 1. The molecule has 1 rings (SSSR count). The van der Waals surface area contributed by atoms with E-state index in [2.05, 4.69) is 32.6 Å². The van der Waals surface area contributed by atoms with Crippen LogP contribution < -0.4 is 0 Å². The Balaban J connectivity index is 2.44. The molecule has 1 heteroatoms. The summed E-state index contributed by atoms with van der Waals surface area (Å²) in [6.45, 7) is 12.1. The van der Waals surface area contributed by atoms with Crippen molar-refractivity contribution in [1.82, 2.24) is 4.90 Å². The van der Waals surface area contributed by atoms with Crippen molar-refractivity contribution in [3.8, 4) is 0 Å². The fourth-order valence-electron chi connectivity index (χ4n) is 2.37. The number of rotatable bonds is 3. The van der Waals surface area contributed by atoms with Crippen LogP contribution in [-0.2, 0) is 0 Å². The molecule has 3 unspecified atom stereocenters. The first-order valence-corrected chi connectivity index (χ1v) is 5.93. The summed E-state index contributed by atoms with van der Waals surface area (Å²) in [5.41, 5.74) is 0. The summed E-state index contributed by atoms with van der Waals surface area (Å²) < 4.78 is 0. The molecule has 1 saturated heterocycles. The highest BCUT2D eigenvalue weighted by molar-refractivity contribution is 4.79. The van der Waals surface area contributed by atoms with Crippen molar-refractivity contribution < 1.29 is 0 Å². The normalized spacial score (nSPS) is 33.2. The van der Waals surface area contributed by atoms with Crippen molar-refractivity contribution in [2.45, 2.75) is 53.0 Å². The van der Waals surface area contributed by atoms with Crippen LogP contribution in [0.15, 0.2) is 0 Å². The number of piperidine rings is 1. The Morgan fingerprint density at radius 2 is 2.08 bits per heavy atom. The lowest BCUT2D eigenvalue weighted by Crippen LogP contribution is -2.43. The molecule has 0 aromatic rings. The summed E-state index contributed by atoms with van der Waals surface area (Å²) in [7, 11) is 0. The zero-order chi connectivity index (χ0) is 9.84. The van der Waals surface area contributed by atoms with E-state index >= 15 is 0 Å². The minimum Gasteiger partial charge on any atom is -0.300 e. The second-order valence-corrected chi connectivity index (χ2v) is 4.69. The Bertz CT molecular complexity index is 144. The van der Waals surface area contributed by atoms with E-state index in [9.17, 15) is 0 Å². The number of hydrogen-bond donors (Lipinski definition) is 0. The van der Waals surface area contributed by atoms with Gasteiger partial charge in [-0.3, -0.25) is 0 Å². The van der Waals surface area contributed by atoms with Crippen LogP contribution in [0.1, 0.15) is 47.0 Å². The Hall–Kier alpha value is -0.0400. The highest BCUT2D eigenvalue weighted by Gasteiger charge is 2.26. The van der Waals surface area contributed by atoms with E-state index in [0.717, 1.165) is 17.9 Å². The van der Waals surface area contributed by atoms with Crippen LogP contribution in [0.4, 0.5) is 0 Å². The second-order valence-electron chi connectivity index (χ2n) is 4.69. The Morgan fingerprint density at radius 1 is 1.38 bits per heavy atom. The summed E-state index contributed by atoms with van der Waals surface area (Å²) in [6.07, 6.45) is 4.06. The van der Waals surface area contributed by atoms with Crippen molar-refractivity contribution in [2.24, 2.45) is 11.8 Å². The molecule has 0 aliphatic carbocycles. The summed E-state index contributed by atoms with van der Waals surface area (Å²) in [5.74, 6) is 1.90. The minimum absolute atomic E-state index is 0.793. The van der Waals surface area contributed by atoms with Gasteiger partial charge in [-0.15, -0.1) is 0 Å². The standard InChI is InChI=1S/C12H25N/c1-5-11(4)13-8-7-10(3)12(6-2)9-13/h10-12H,5-9H2,1-4H3. The van der Waals surface area contributed by atoms with E-state index in [1.54, 1.807) is 0 Å². The van der Waals surface area contributed by atoms with E-state index in [0.29, 0.717) is 0 Å². The molecule has 0 aromatic carbocycles. The van der Waals surface area contributed by atoms with Gasteiger partial charge < -0.3 is 4.90 Å². The van der Waals surface area contributed by atoms with E-state index < -0.39 is 0 Å². The van der Waals surface area contributed by atoms with Gasteiger partial charge in [-0.05, 0) is 38.1 Å². The molecule has 0 N–H and O–H groups in total. The van der Waals surface area contributed by atoms with Gasteiger partial charge in [0.05, 0.1) is 0 Å².